The zero-order chi connectivity index (χ0) is 22.1. The van der Waals surface area contributed by atoms with E-state index in [0.29, 0.717) is 17.1 Å². The van der Waals surface area contributed by atoms with E-state index in [1.807, 2.05) is 0 Å². The zero-order valence-electron chi connectivity index (χ0n) is 17.7. The number of halogens is 1. The molecule has 0 aliphatic heterocycles. The third kappa shape index (κ3) is 4.28. The number of rotatable bonds is 5. The number of nitrogens with zero attached hydrogens (tertiary/aromatic N) is 2. The number of aromatic nitrogens is 2. The van der Waals surface area contributed by atoms with Gasteiger partial charge in [0.25, 0.3) is 5.91 Å². The number of carbonyl (C=O) groups is 2. The maximum absolute atomic E-state index is 13.4. The molecule has 6 nitrogen and oxygen atoms in total. The molecule has 0 bridgehead atoms. The van der Waals surface area contributed by atoms with Crippen LogP contribution in [0.2, 0.25) is 0 Å². The van der Waals surface area contributed by atoms with Crippen molar-refractivity contribution >= 4 is 23.2 Å². The quantitative estimate of drug-likeness (QED) is 0.564. The van der Waals surface area contributed by atoms with Gasteiger partial charge >= 0.3 is 0 Å². The largest absolute Gasteiger partial charge is 0.326 e. The van der Waals surface area contributed by atoms with E-state index in [0.717, 1.165) is 61.9 Å². The van der Waals surface area contributed by atoms with Gasteiger partial charge in [-0.1, -0.05) is 6.42 Å². The van der Waals surface area contributed by atoms with Crippen LogP contribution >= 0.6 is 0 Å². The van der Waals surface area contributed by atoms with E-state index in [9.17, 15) is 14.0 Å². The highest BCUT2D eigenvalue weighted by Gasteiger charge is 2.29. The molecule has 32 heavy (non-hydrogen) atoms. The summed E-state index contributed by atoms with van der Waals surface area (Å²) in [5.41, 5.74) is 4.51. The average molecular weight is 432 g/mol. The van der Waals surface area contributed by atoms with Gasteiger partial charge in [0.15, 0.2) is 5.69 Å². The Morgan fingerprint density at radius 2 is 1.53 bits per heavy atom. The lowest BCUT2D eigenvalue weighted by Gasteiger charge is -2.08. The Morgan fingerprint density at radius 3 is 2.22 bits per heavy atom. The molecule has 1 saturated carbocycles. The highest BCUT2D eigenvalue weighted by atomic mass is 19.1. The van der Waals surface area contributed by atoms with Crippen LogP contribution in [0.4, 0.5) is 15.8 Å². The predicted molar refractivity (Wildman–Crippen MR) is 121 cm³/mol. The first-order valence-corrected chi connectivity index (χ1v) is 11.2. The summed E-state index contributed by atoms with van der Waals surface area (Å²) >= 11 is 0. The summed E-state index contributed by atoms with van der Waals surface area (Å²) in [5.74, 6) is -0.378. The van der Waals surface area contributed by atoms with Crippen LogP contribution in [0, 0.1) is 11.7 Å². The van der Waals surface area contributed by atoms with Gasteiger partial charge in [-0.25, -0.2) is 9.07 Å². The molecule has 1 heterocycles. The van der Waals surface area contributed by atoms with Crippen molar-refractivity contribution in [3.8, 4) is 5.69 Å². The van der Waals surface area contributed by atoms with Crippen molar-refractivity contribution < 1.29 is 14.0 Å². The van der Waals surface area contributed by atoms with Crippen LogP contribution in [-0.2, 0) is 17.6 Å². The number of carbonyl (C=O) groups excluding carboxylic acids is 2. The van der Waals surface area contributed by atoms with Gasteiger partial charge in [-0.05, 0) is 87.1 Å². The van der Waals surface area contributed by atoms with Crippen molar-refractivity contribution in [2.24, 2.45) is 5.92 Å². The Balaban J connectivity index is 1.38. The minimum Gasteiger partial charge on any atom is -0.326 e. The lowest BCUT2D eigenvalue weighted by molar-refractivity contribution is -0.117. The standard InChI is InChI=1S/C25H25FN4O2/c26-17-8-14-20(15-9-17)30-22-5-3-1-2-4-21(22)23(29-30)25(32)28-19-12-10-18(11-13-19)27-24(31)16-6-7-16/h8-16H,1-7H2,(H,27,31)(H,28,32). The van der Waals surface area contributed by atoms with Crippen LogP contribution in [0.25, 0.3) is 5.69 Å². The smallest absolute Gasteiger partial charge is 0.276 e. The summed E-state index contributed by atoms with van der Waals surface area (Å²) in [5, 5.41) is 10.5. The van der Waals surface area contributed by atoms with Crippen LogP contribution < -0.4 is 10.6 Å². The summed E-state index contributed by atoms with van der Waals surface area (Å²) < 4.78 is 15.2. The molecule has 2 N–H and O–H groups in total. The highest BCUT2D eigenvalue weighted by molar-refractivity contribution is 6.04. The predicted octanol–water partition coefficient (Wildman–Crippen LogP) is 4.88. The van der Waals surface area contributed by atoms with Crippen LogP contribution in [0.3, 0.4) is 0 Å². The zero-order valence-corrected chi connectivity index (χ0v) is 17.7. The Kier molecular flexibility index (Phi) is 5.47. The summed E-state index contributed by atoms with van der Waals surface area (Å²) in [6.07, 6.45) is 6.69. The maximum Gasteiger partial charge on any atom is 0.276 e. The fraction of sp³-hybridized carbons (Fsp3) is 0.320. The first-order valence-electron chi connectivity index (χ1n) is 11.2. The van der Waals surface area contributed by atoms with Crippen molar-refractivity contribution in [1.82, 2.24) is 9.78 Å². The Hall–Kier alpha value is -3.48. The lowest BCUT2D eigenvalue weighted by Crippen LogP contribution is -2.15. The molecular formula is C25H25FN4O2. The monoisotopic (exact) mass is 432 g/mol. The van der Waals surface area contributed by atoms with Gasteiger partial charge in [0.05, 0.1) is 5.69 Å². The number of nitrogens with one attached hydrogen (secondary N) is 2. The molecule has 1 fully saturated rings. The molecule has 0 unspecified atom stereocenters. The number of hydrogen-bond acceptors (Lipinski definition) is 3. The van der Waals surface area contributed by atoms with Crippen molar-refractivity contribution in [3.63, 3.8) is 0 Å². The van der Waals surface area contributed by atoms with Gasteiger partial charge in [-0.15, -0.1) is 0 Å². The van der Waals surface area contributed by atoms with Gasteiger partial charge in [-0.2, -0.15) is 5.10 Å². The second-order valence-corrected chi connectivity index (χ2v) is 8.52. The van der Waals surface area contributed by atoms with Gasteiger partial charge < -0.3 is 10.6 Å². The van der Waals surface area contributed by atoms with Gasteiger partial charge in [0.1, 0.15) is 5.82 Å². The molecule has 2 aliphatic rings. The van der Waals surface area contributed by atoms with E-state index in [1.165, 1.54) is 12.1 Å². The van der Waals surface area contributed by atoms with Gasteiger partial charge in [0.2, 0.25) is 5.91 Å². The van der Waals surface area contributed by atoms with Crippen LogP contribution in [0.1, 0.15) is 53.8 Å². The molecule has 5 rings (SSSR count). The van der Waals surface area contributed by atoms with Crippen molar-refractivity contribution in [2.75, 3.05) is 10.6 Å². The minimum absolute atomic E-state index is 0.0517. The number of fused-ring (bicyclic) bond motifs is 1. The van der Waals surface area contributed by atoms with Crippen molar-refractivity contribution in [2.45, 2.75) is 44.9 Å². The lowest BCUT2D eigenvalue weighted by atomic mass is 10.1. The molecule has 1 aromatic heterocycles. The number of hydrogen-bond donors (Lipinski definition) is 2. The third-order valence-electron chi connectivity index (χ3n) is 6.07. The number of benzene rings is 2. The van der Waals surface area contributed by atoms with Gasteiger partial charge in [0, 0.05) is 28.6 Å². The second kappa shape index (κ2) is 8.57. The molecule has 7 heteroatoms. The second-order valence-electron chi connectivity index (χ2n) is 8.52. The van der Waals surface area contributed by atoms with Crippen LogP contribution in [0.5, 0.6) is 0 Å². The summed E-state index contributed by atoms with van der Waals surface area (Å²) in [6, 6.07) is 13.3. The average Bonchev–Trinajstić information content (AvgIpc) is 3.61. The van der Waals surface area contributed by atoms with E-state index in [1.54, 1.807) is 41.1 Å². The topological polar surface area (TPSA) is 76.0 Å². The first-order chi connectivity index (χ1) is 15.6. The Labute approximate surface area is 185 Å². The number of amides is 2. The van der Waals surface area contributed by atoms with E-state index >= 15 is 0 Å². The van der Waals surface area contributed by atoms with Crippen molar-refractivity contribution in [3.05, 3.63) is 71.3 Å². The van der Waals surface area contributed by atoms with E-state index in [4.69, 9.17) is 0 Å². The van der Waals surface area contributed by atoms with E-state index < -0.39 is 0 Å². The minimum atomic E-state index is -0.304. The summed E-state index contributed by atoms with van der Waals surface area (Å²) in [6.45, 7) is 0. The molecule has 0 radical (unpaired) electrons. The van der Waals surface area contributed by atoms with Crippen LogP contribution in [0.15, 0.2) is 48.5 Å². The number of anilines is 2. The normalized spacial score (nSPS) is 15.5. The molecule has 0 spiro atoms. The maximum atomic E-state index is 13.4. The summed E-state index contributed by atoms with van der Waals surface area (Å²) in [4.78, 5) is 25.1. The fourth-order valence-corrected chi connectivity index (χ4v) is 4.17. The summed E-state index contributed by atoms with van der Waals surface area (Å²) in [7, 11) is 0. The van der Waals surface area contributed by atoms with E-state index in [-0.39, 0.29) is 23.5 Å². The Bertz CT molecular complexity index is 1150. The molecule has 2 aromatic carbocycles. The molecule has 2 amide bonds. The molecule has 3 aromatic rings. The first kappa shape index (κ1) is 20.4. The van der Waals surface area contributed by atoms with Crippen LogP contribution in [-0.4, -0.2) is 21.6 Å². The third-order valence-corrected chi connectivity index (χ3v) is 6.07. The van der Waals surface area contributed by atoms with E-state index in [2.05, 4.69) is 15.7 Å². The molecule has 2 aliphatic carbocycles. The highest BCUT2D eigenvalue weighted by Crippen LogP contribution is 2.30. The SMILES string of the molecule is O=C(Nc1ccc(NC(=O)C2CC2)cc1)c1nn(-c2ccc(F)cc2)c2c1CCCCC2. The molecule has 0 saturated heterocycles. The Morgan fingerprint density at radius 1 is 0.875 bits per heavy atom. The molecular weight excluding hydrogens is 407 g/mol. The van der Waals surface area contributed by atoms with Gasteiger partial charge in [-0.3, -0.25) is 9.59 Å². The van der Waals surface area contributed by atoms with Crippen molar-refractivity contribution in [1.29, 1.82) is 0 Å². The molecule has 0 atom stereocenters. The molecule has 164 valence electrons. The fourth-order valence-electron chi connectivity index (χ4n) is 4.17.